The van der Waals surface area contributed by atoms with E-state index in [2.05, 4.69) is 17.2 Å². The van der Waals surface area contributed by atoms with Crippen molar-refractivity contribution in [1.29, 1.82) is 0 Å². The van der Waals surface area contributed by atoms with Gasteiger partial charge >= 0.3 is 0 Å². The Hall–Kier alpha value is -2.28. The molecular weight excluding hydrogens is 284 g/mol. The van der Waals surface area contributed by atoms with Crippen molar-refractivity contribution in [3.05, 3.63) is 64.2 Å². The highest BCUT2D eigenvalue weighted by atomic mass is 35.5. The van der Waals surface area contributed by atoms with Crippen molar-refractivity contribution in [1.82, 2.24) is 0 Å². The maximum absolute atomic E-state index is 12.3. The lowest BCUT2D eigenvalue weighted by Gasteiger charge is -2.08. The van der Waals surface area contributed by atoms with Crippen molar-refractivity contribution in [2.24, 2.45) is 5.73 Å². The van der Waals surface area contributed by atoms with E-state index < -0.39 is 0 Å². The van der Waals surface area contributed by atoms with Gasteiger partial charge in [-0.05, 0) is 37.3 Å². The molecule has 0 heterocycles. The minimum Gasteiger partial charge on any atom is -0.321 e. The Kier molecular flexibility index (Phi) is 4.99. The van der Waals surface area contributed by atoms with Crippen LogP contribution in [0.25, 0.3) is 0 Å². The molecule has 0 unspecified atom stereocenters. The van der Waals surface area contributed by atoms with Crippen LogP contribution >= 0.6 is 11.6 Å². The van der Waals surface area contributed by atoms with Crippen molar-refractivity contribution in [3.63, 3.8) is 0 Å². The predicted molar refractivity (Wildman–Crippen MR) is 86.5 cm³/mol. The quantitative estimate of drug-likeness (QED) is 0.837. The van der Waals surface area contributed by atoms with E-state index in [9.17, 15) is 4.79 Å². The molecule has 106 valence electrons. The van der Waals surface area contributed by atoms with Gasteiger partial charge in [-0.15, -0.1) is 0 Å². The van der Waals surface area contributed by atoms with Gasteiger partial charge in [-0.2, -0.15) is 0 Å². The Balaban J connectivity index is 2.30. The molecule has 2 aromatic carbocycles. The third-order valence-electron chi connectivity index (χ3n) is 2.84. The lowest BCUT2D eigenvalue weighted by Crippen LogP contribution is -2.13. The fourth-order valence-corrected chi connectivity index (χ4v) is 2.03. The summed E-state index contributed by atoms with van der Waals surface area (Å²) < 4.78 is 0. The summed E-state index contributed by atoms with van der Waals surface area (Å²) in [6.07, 6.45) is 0. The maximum atomic E-state index is 12.3. The third kappa shape index (κ3) is 4.09. The highest BCUT2D eigenvalue weighted by Crippen LogP contribution is 2.21. The molecule has 21 heavy (non-hydrogen) atoms. The van der Waals surface area contributed by atoms with Crippen molar-refractivity contribution < 1.29 is 4.79 Å². The van der Waals surface area contributed by atoms with Crippen LogP contribution in [0, 0.1) is 18.8 Å². The first-order valence-corrected chi connectivity index (χ1v) is 6.84. The summed E-state index contributed by atoms with van der Waals surface area (Å²) in [5.74, 6) is 5.49. The molecule has 0 saturated carbocycles. The van der Waals surface area contributed by atoms with Crippen LogP contribution < -0.4 is 11.1 Å². The number of nitrogens with two attached hydrogens (primary N) is 1. The molecule has 1 amide bonds. The average Bonchev–Trinajstić information content (AvgIpc) is 2.46. The van der Waals surface area contributed by atoms with Crippen LogP contribution in [0.15, 0.2) is 42.5 Å². The number of rotatable bonds is 2. The molecule has 0 atom stereocenters. The summed E-state index contributed by atoms with van der Waals surface area (Å²) in [4.78, 5) is 12.3. The maximum Gasteiger partial charge on any atom is 0.255 e. The smallest absolute Gasteiger partial charge is 0.255 e. The highest BCUT2D eigenvalue weighted by molar-refractivity contribution is 6.31. The second-order valence-electron chi connectivity index (χ2n) is 4.52. The number of amides is 1. The van der Waals surface area contributed by atoms with E-state index >= 15 is 0 Å². The van der Waals surface area contributed by atoms with E-state index in [1.165, 1.54) is 0 Å². The minimum atomic E-state index is -0.197. The van der Waals surface area contributed by atoms with Crippen molar-refractivity contribution in [2.45, 2.75) is 6.92 Å². The number of anilines is 1. The standard InChI is InChI=1S/C17H15ClN2O/c1-12-4-2-5-14(10-12)17(21)20-16-11-15(18)8-7-13(16)6-3-9-19/h2,4-5,7-8,10-11H,9,19H2,1H3,(H,20,21). The van der Waals surface area contributed by atoms with Gasteiger partial charge in [-0.1, -0.05) is 41.1 Å². The molecule has 0 radical (unpaired) electrons. The number of benzene rings is 2. The number of aryl methyl sites for hydroxylation is 1. The van der Waals surface area contributed by atoms with E-state index in [4.69, 9.17) is 17.3 Å². The largest absolute Gasteiger partial charge is 0.321 e. The molecule has 3 nitrogen and oxygen atoms in total. The highest BCUT2D eigenvalue weighted by Gasteiger charge is 2.09. The summed E-state index contributed by atoms with van der Waals surface area (Å²) in [6, 6.07) is 12.5. The molecular formula is C17H15ClN2O. The number of nitrogens with one attached hydrogen (secondary N) is 1. The molecule has 0 bridgehead atoms. The molecule has 0 spiro atoms. The minimum absolute atomic E-state index is 0.197. The summed E-state index contributed by atoms with van der Waals surface area (Å²) >= 11 is 5.98. The molecule has 0 aliphatic rings. The fraction of sp³-hybridized carbons (Fsp3) is 0.118. The summed E-state index contributed by atoms with van der Waals surface area (Å²) in [6.45, 7) is 2.20. The second kappa shape index (κ2) is 6.94. The molecule has 0 saturated heterocycles. The van der Waals surface area contributed by atoms with Crippen molar-refractivity contribution in [2.75, 3.05) is 11.9 Å². The predicted octanol–water partition coefficient (Wildman–Crippen LogP) is 3.21. The number of hydrogen-bond donors (Lipinski definition) is 2. The van der Waals surface area contributed by atoms with Gasteiger partial charge < -0.3 is 11.1 Å². The topological polar surface area (TPSA) is 55.1 Å². The monoisotopic (exact) mass is 298 g/mol. The van der Waals surface area contributed by atoms with E-state index in [0.29, 0.717) is 21.8 Å². The number of carbonyl (C=O) groups excluding carboxylic acids is 1. The van der Waals surface area contributed by atoms with Crippen LogP contribution in [0.4, 0.5) is 5.69 Å². The number of halogens is 1. The van der Waals surface area contributed by atoms with Crippen molar-refractivity contribution >= 4 is 23.2 Å². The first-order valence-electron chi connectivity index (χ1n) is 6.46. The van der Waals surface area contributed by atoms with Crippen LogP contribution in [0.3, 0.4) is 0 Å². The van der Waals surface area contributed by atoms with E-state index in [1.54, 1.807) is 24.3 Å². The average molecular weight is 299 g/mol. The zero-order chi connectivity index (χ0) is 15.2. The van der Waals surface area contributed by atoms with Gasteiger partial charge in [0, 0.05) is 16.1 Å². The second-order valence-corrected chi connectivity index (χ2v) is 4.96. The Morgan fingerprint density at radius 2 is 2.10 bits per heavy atom. The van der Waals surface area contributed by atoms with Gasteiger partial charge in [0.1, 0.15) is 0 Å². The lowest BCUT2D eigenvalue weighted by atomic mass is 10.1. The first kappa shape index (κ1) is 15.1. The zero-order valence-corrected chi connectivity index (χ0v) is 12.4. The lowest BCUT2D eigenvalue weighted by molar-refractivity contribution is 0.102. The summed E-state index contributed by atoms with van der Waals surface area (Å²) in [7, 11) is 0. The van der Waals surface area contributed by atoms with Crippen LogP contribution in [0.2, 0.25) is 5.02 Å². The van der Waals surface area contributed by atoms with Gasteiger partial charge in [0.25, 0.3) is 5.91 Å². The van der Waals surface area contributed by atoms with Gasteiger partial charge in [-0.25, -0.2) is 0 Å². The summed E-state index contributed by atoms with van der Waals surface area (Å²) in [5.41, 5.74) is 8.26. The molecule has 2 rings (SSSR count). The van der Waals surface area contributed by atoms with Gasteiger partial charge in [0.15, 0.2) is 0 Å². The molecule has 0 aromatic heterocycles. The zero-order valence-electron chi connectivity index (χ0n) is 11.6. The Morgan fingerprint density at radius 1 is 1.29 bits per heavy atom. The molecule has 0 fully saturated rings. The number of carbonyl (C=O) groups is 1. The van der Waals surface area contributed by atoms with Gasteiger partial charge in [0.05, 0.1) is 12.2 Å². The molecule has 4 heteroatoms. The molecule has 3 N–H and O–H groups in total. The van der Waals surface area contributed by atoms with Crippen molar-refractivity contribution in [3.8, 4) is 11.8 Å². The molecule has 0 aliphatic heterocycles. The van der Waals surface area contributed by atoms with Gasteiger partial charge in [0.2, 0.25) is 0 Å². The van der Waals surface area contributed by atoms with Crippen LogP contribution in [-0.4, -0.2) is 12.5 Å². The first-order chi connectivity index (χ1) is 10.1. The number of hydrogen-bond acceptors (Lipinski definition) is 2. The summed E-state index contributed by atoms with van der Waals surface area (Å²) in [5, 5.41) is 3.37. The normalized spacial score (nSPS) is 9.67. The van der Waals surface area contributed by atoms with E-state index in [-0.39, 0.29) is 12.5 Å². The third-order valence-corrected chi connectivity index (χ3v) is 3.07. The fourth-order valence-electron chi connectivity index (χ4n) is 1.86. The molecule has 0 aliphatic carbocycles. The molecule has 2 aromatic rings. The Bertz CT molecular complexity index is 729. The Labute approximate surface area is 129 Å². The van der Waals surface area contributed by atoms with Crippen LogP contribution in [-0.2, 0) is 0 Å². The van der Waals surface area contributed by atoms with Gasteiger partial charge in [-0.3, -0.25) is 4.79 Å². The van der Waals surface area contributed by atoms with E-state index in [0.717, 1.165) is 5.56 Å². The Morgan fingerprint density at radius 3 is 2.81 bits per heavy atom. The van der Waals surface area contributed by atoms with E-state index in [1.807, 2.05) is 25.1 Å². The van der Waals surface area contributed by atoms with Crippen LogP contribution in [0.1, 0.15) is 21.5 Å². The van der Waals surface area contributed by atoms with Crippen LogP contribution in [0.5, 0.6) is 0 Å². The SMILES string of the molecule is Cc1cccc(C(=O)Nc2cc(Cl)ccc2C#CCN)c1.